The Bertz CT molecular complexity index is 1590. The van der Waals surface area contributed by atoms with Gasteiger partial charge in [0.1, 0.15) is 12.2 Å². The van der Waals surface area contributed by atoms with Gasteiger partial charge in [-0.05, 0) is 53.5 Å². The van der Waals surface area contributed by atoms with Gasteiger partial charge in [0.2, 0.25) is 5.91 Å². The Morgan fingerprint density at radius 1 is 0.977 bits per heavy atom. The van der Waals surface area contributed by atoms with E-state index in [2.05, 4.69) is 4.18 Å². The normalized spacial score (nSPS) is 16.5. The summed E-state index contributed by atoms with van der Waals surface area (Å²) in [6.07, 6.45) is -6.46. The van der Waals surface area contributed by atoms with Crippen LogP contribution in [0, 0.1) is 5.92 Å². The maximum absolute atomic E-state index is 14.3. The number of nitrogens with zero attached hydrogens (tertiary/aromatic N) is 1. The Labute approximate surface area is 249 Å². The molecule has 3 aromatic rings. The number of carbonyl (C=O) groups is 2. The maximum atomic E-state index is 14.3. The van der Waals surface area contributed by atoms with Crippen molar-refractivity contribution in [1.29, 1.82) is 0 Å². The molecule has 7 nitrogen and oxygen atoms in total. The van der Waals surface area contributed by atoms with E-state index in [1.165, 1.54) is 12.1 Å². The summed E-state index contributed by atoms with van der Waals surface area (Å²) in [5.41, 5.74) is -7.00. The predicted molar refractivity (Wildman–Crippen MR) is 147 cm³/mol. The van der Waals surface area contributed by atoms with E-state index >= 15 is 0 Å². The topological polar surface area (TPSA) is 90.0 Å². The van der Waals surface area contributed by atoms with Gasteiger partial charge in [0.05, 0.1) is 6.04 Å². The fraction of sp³-hybridized carbons (Fsp3) is 0.333. The van der Waals surface area contributed by atoms with Crippen LogP contribution in [0.15, 0.2) is 72.8 Å². The lowest BCUT2D eigenvalue weighted by atomic mass is 9.91. The van der Waals surface area contributed by atoms with Gasteiger partial charge in [-0.25, -0.2) is 9.69 Å². The molecular weight excluding hydrogens is 616 g/mol. The molecular formula is C30H27F6NO6S. The lowest BCUT2D eigenvalue weighted by Crippen LogP contribution is -2.40. The summed E-state index contributed by atoms with van der Waals surface area (Å²) in [7, 11) is -6.43. The second-order valence-electron chi connectivity index (χ2n) is 10.4. The fourth-order valence-corrected chi connectivity index (χ4v) is 5.39. The van der Waals surface area contributed by atoms with Crippen LogP contribution >= 0.6 is 0 Å². The van der Waals surface area contributed by atoms with Gasteiger partial charge >= 0.3 is 27.9 Å². The van der Waals surface area contributed by atoms with Gasteiger partial charge in [-0.2, -0.15) is 34.8 Å². The summed E-state index contributed by atoms with van der Waals surface area (Å²) in [6, 6.07) is 17.9. The molecule has 3 aromatic carbocycles. The summed E-state index contributed by atoms with van der Waals surface area (Å²) >= 11 is 0. The number of aryl methyl sites for hydroxylation is 1. The van der Waals surface area contributed by atoms with Crippen LogP contribution in [0.3, 0.4) is 0 Å². The van der Waals surface area contributed by atoms with Crippen molar-refractivity contribution in [2.45, 2.75) is 50.3 Å². The van der Waals surface area contributed by atoms with Crippen molar-refractivity contribution in [1.82, 2.24) is 4.90 Å². The second kappa shape index (κ2) is 12.9. The molecule has 0 aliphatic carbocycles. The summed E-state index contributed by atoms with van der Waals surface area (Å²) in [6.45, 7) is 1.56. The van der Waals surface area contributed by atoms with Crippen LogP contribution in [0.1, 0.15) is 36.5 Å². The first-order valence-electron chi connectivity index (χ1n) is 13.4. The van der Waals surface area contributed by atoms with Gasteiger partial charge in [-0.15, -0.1) is 0 Å². The number of imide groups is 1. The third-order valence-electron chi connectivity index (χ3n) is 7.03. The molecule has 44 heavy (non-hydrogen) atoms. The highest BCUT2D eigenvalue weighted by Gasteiger charge is 2.50. The maximum Gasteiger partial charge on any atom is 0.534 e. The van der Waals surface area contributed by atoms with Crippen molar-refractivity contribution in [3.05, 3.63) is 89.5 Å². The SMILES string of the molecule is CC(CCc1cc(-c2ccccc2)cc(OS(=O)(=O)C(F)(F)F)c1C(F)(F)F)CC(=O)N1C(=O)OCC1Cc1ccccc1. The third-order valence-corrected chi connectivity index (χ3v) is 8.00. The lowest BCUT2D eigenvalue weighted by Gasteiger charge is -2.23. The Balaban J connectivity index is 1.59. The van der Waals surface area contributed by atoms with Gasteiger partial charge in [-0.1, -0.05) is 73.7 Å². The van der Waals surface area contributed by atoms with Gasteiger partial charge in [0.15, 0.2) is 5.75 Å². The van der Waals surface area contributed by atoms with Crippen molar-refractivity contribution in [3.63, 3.8) is 0 Å². The largest absolute Gasteiger partial charge is 0.534 e. The van der Waals surface area contributed by atoms with Crippen LogP contribution in [0.4, 0.5) is 31.1 Å². The van der Waals surface area contributed by atoms with Crippen molar-refractivity contribution in [2.75, 3.05) is 6.61 Å². The van der Waals surface area contributed by atoms with Crippen LogP contribution < -0.4 is 4.18 Å². The summed E-state index contributed by atoms with van der Waals surface area (Å²) in [5, 5.41) is 0. The highest BCUT2D eigenvalue weighted by Crippen LogP contribution is 2.44. The Morgan fingerprint density at radius 2 is 1.59 bits per heavy atom. The van der Waals surface area contributed by atoms with Gasteiger partial charge < -0.3 is 8.92 Å². The summed E-state index contributed by atoms with van der Waals surface area (Å²) in [4.78, 5) is 26.4. The molecule has 0 radical (unpaired) electrons. The van der Waals surface area contributed by atoms with E-state index in [1.54, 1.807) is 37.3 Å². The number of amides is 2. The highest BCUT2D eigenvalue weighted by atomic mass is 32.2. The molecule has 2 amide bonds. The monoisotopic (exact) mass is 643 g/mol. The van der Waals surface area contributed by atoms with Crippen LogP contribution in [0.25, 0.3) is 11.1 Å². The molecule has 1 saturated heterocycles. The van der Waals surface area contributed by atoms with Crippen LogP contribution in [-0.4, -0.2) is 43.5 Å². The van der Waals surface area contributed by atoms with E-state index < -0.39 is 69.1 Å². The number of halogens is 6. The summed E-state index contributed by atoms with van der Waals surface area (Å²) in [5.74, 6) is -2.69. The number of benzene rings is 3. The van der Waals surface area contributed by atoms with Gasteiger partial charge in [0.25, 0.3) is 0 Å². The zero-order valence-corrected chi connectivity index (χ0v) is 24.0. The van der Waals surface area contributed by atoms with Crippen LogP contribution in [-0.2, 0) is 38.7 Å². The first kappa shape index (κ1) is 32.8. The zero-order chi connectivity index (χ0) is 32.3. The first-order chi connectivity index (χ1) is 20.6. The molecule has 2 unspecified atom stereocenters. The molecule has 0 spiro atoms. The number of carbonyl (C=O) groups excluding carboxylic acids is 2. The fourth-order valence-electron chi connectivity index (χ4n) is 4.92. The third kappa shape index (κ3) is 7.71. The predicted octanol–water partition coefficient (Wildman–Crippen LogP) is 7.15. The van der Waals surface area contributed by atoms with Crippen LogP contribution in [0.5, 0.6) is 5.75 Å². The first-order valence-corrected chi connectivity index (χ1v) is 14.8. The highest BCUT2D eigenvalue weighted by molar-refractivity contribution is 7.88. The molecule has 1 fully saturated rings. The van der Waals surface area contributed by atoms with Crippen LogP contribution in [0.2, 0.25) is 0 Å². The van der Waals surface area contributed by atoms with E-state index in [1.807, 2.05) is 18.2 Å². The minimum Gasteiger partial charge on any atom is -0.447 e. The minimum atomic E-state index is -6.43. The molecule has 0 bridgehead atoms. The number of hydrogen-bond acceptors (Lipinski definition) is 6. The van der Waals surface area contributed by atoms with Crippen molar-refractivity contribution in [3.8, 4) is 16.9 Å². The van der Waals surface area contributed by atoms with E-state index in [4.69, 9.17) is 4.74 Å². The van der Waals surface area contributed by atoms with Gasteiger partial charge in [0, 0.05) is 6.42 Å². The van der Waals surface area contributed by atoms with E-state index in [-0.39, 0.29) is 25.0 Å². The molecule has 1 aliphatic heterocycles. The van der Waals surface area contributed by atoms with E-state index in [0.717, 1.165) is 16.5 Å². The Kier molecular flexibility index (Phi) is 9.62. The lowest BCUT2D eigenvalue weighted by molar-refractivity contribution is -0.139. The average Bonchev–Trinajstić information content (AvgIpc) is 3.30. The number of ether oxygens (including phenoxy) is 1. The molecule has 4 rings (SSSR count). The smallest absolute Gasteiger partial charge is 0.447 e. The average molecular weight is 644 g/mol. The quantitative estimate of drug-likeness (QED) is 0.133. The molecule has 0 saturated carbocycles. The molecule has 0 N–H and O–H groups in total. The minimum absolute atomic E-state index is 0.00623. The molecule has 2 atom stereocenters. The zero-order valence-electron chi connectivity index (χ0n) is 23.2. The van der Waals surface area contributed by atoms with Crippen molar-refractivity contribution in [2.24, 2.45) is 5.92 Å². The molecule has 14 heteroatoms. The van der Waals surface area contributed by atoms with E-state index in [0.29, 0.717) is 18.1 Å². The number of cyclic esters (lactones) is 1. The van der Waals surface area contributed by atoms with E-state index in [9.17, 15) is 44.3 Å². The molecule has 0 aromatic heterocycles. The van der Waals surface area contributed by atoms with Crippen molar-refractivity contribution < 1.29 is 53.3 Å². The summed E-state index contributed by atoms with van der Waals surface area (Å²) < 4.78 is 115. The second-order valence-corrected chi connectivity index (χ2v) is 11.9. The number of rotatable bonds is 10. The van der Waals surface area contributed by atoms with Gasteiger partial charge in [-0.3, -0.25) is 4.79 Å². The standard InChI is InChI=1S/C30H27F6NO6S/c1-19(14-26(38)37-24(18-42-28(37)39)15-20-8-4-2-5-9-20)12-13-22-16-23(21-10-6-3-7-11-21)17-25(27(22)29(31,32)33)43-44(40,41)30(34,35)36/h2-11,16-17,19,24H,12-15,18H2,1H3. The van der Waals surface area contributed by atoms with Crippen molar-refractivity contribution >= 4 is 22.1 Å². The Hall–Kier alpha value is -4.07. The molecule has 236 valence electrons. The number of alkyl halides is 6. The molecule has 1 aliphatic rings. The number of hydrogen-bond donors (Lipinski definition) is 0. The Morgan fingerprint density at radius 3 is 2.18 bits per heavy atom. The molecule has 1 heterocycles.